The minimum Gasteiger partial charge on any atom is -0.309 e. The van der Waals surface area contributed by atoms with Crippen LogP contribution in [0.2, 0.25) is 0 Å². The van der Waals surface area contributed by atoms with Gasteiger partial charge in [-0.2, -0.15) is 0 Å². The highest BCUT2D eigenvalue weighted by Gasteiger charge is 2.52. The normalized spacial score (nSPS) is 13.2. The Bertz CT molecular complexity index is 3130. The Balaban J connectivity index is 1.20. The zero-order chi connectivity index (χ0) is 36.1. The molecular formula is C53H33NS. The maximum Gasteiger partial charge on any atom is 0.0726 e. The van der Waals surface area contributed by atoms with Crippen LogP contribution in [-0.4, -0.2) is 0 Å². The van der Waals surface area contributed by atoms with E-state index in [1.807, 2.05) is 11.3 Å². The first-order valence-electron chi connectivity index (χ1n) is 19.0. The van der Waals surface area contributed by atoms with Crippen molar-refractivity contribution in [3.63, 3.8) is 0 Å². The highest BCUT2D eigenvalue weighted by Crippen LogP contribution is 2.65. The molecule has 1 aromatic heterocycles. The topological polar surface area (TPSA) is 3.24 Å². The predicted octanol–water partition coefficient (Wildman–Crippen LogP) is 14.7. The Labute approximate surface area is 324 Å². The van der Waals surface area contributed by atoms with Crippen LogP contribution in [0, 0.1) is 0 Å². The smallest absolute Gasteiger partial charge is 0.0726 e. The van der Waals surface area contributed by atoms with E-state index in [2.05, 4.69) is 205 Å². The third kappa shape index (κ3) is 4.12. The van der Waals surface area contributed by atoms with Gasteiger partial charge in [0.25, 0.3) is 0 Å². The number of benzene rings is 9. The van der Waals surface area contributed by atoms with Gasteiger partial charge in [0.2, 0.25) is 0 Å². The van der Waals surface area contributed by atoms with E-state index >= 15 is 0 Å². The van der Waals surface area contributed by atoms with Crippen molar-refractivity contribution in [2.75, 3.05) is 4.90 Å². The SMILES string of the molecule is c1ccc(N(c2cccc3c2-c2ccccc2C32c3ccccc3-c3ccccc32)c2cccc3ccccc23)c(-c2cccc3c2sc2ccccc23)c1. The van der Waals surface area contributed by atoms with Crippen molar-refractivity contribution in [1.29, 1.82) is 0 Å². The molecule has 0 aliphatic heterocycles. The number of para-hydroxylation sites is 1. The summed E-state index contributed by atoms with van der Waals surface area (Å²) in [6.45, 7) is 0. The minimum absolute atomic E-state index is 0.429. The molecule has 1 heterocycles. The monoisotopic (exact) mass is 715 g/mol. The average Bonchev–Trinajstić information content (AvgIpc) is 3.89. The first kappa shape index (κ1) is 30.7. The first-order valence-corrected chi connectivity index (χ1v) is 19.8. The summed E-state index contributed by atoms with van der Waals surface area (Å²) in [6.07, 6.45) is 0. The Morgan fingerprint density at radius 1 is 0.327 bits per heavy atom. The van der Waals surface area contributed by atoms with Crippen LogP contribution in [0.4, 0.5) is 17.1 Å². The summed E-state index contributed by atoms with van der Waals surface area (Å²) in [4.78, 5) is 2.56. The standard InChI is InChI=1S/C53H33NS/c1-2-18-35-34(16-1)17-13-31-47(35)54(48-30-11-6-21-38(48)40-24-14-25-41-39-22-7-12-33-50(39)55-52(40)41)49-32-15-29-46-51(49)42-23-5-10-28-45(42)53(46)43-26-8-3-19-36(43)37-20-4-9-27-44(37)53/h1-33H. The molecule has 10 aromatic rings. The zero-order valence-corrected chi connectivity index (χ0v) is 30.7. The number of hydrogen-bond acceptors (Lipinski definition) is 2. The lowest BCUT2D eigenvalue weighted by Crippen LogP contribution is -2.26. The van der Waals surface area contributed by atoms with Crippen LogP contribution in [0.1, 0.15) is 22.3 Å². The van der Waals surface area contributed by atoms with E-state index in [-0.39, 0.29) is 0 Å². The maximum absolute atomic E-state index is 2.56. The number of thiophene rings is 1. The molecule has 0 saturated carbocycles. The lowest BCUT2D eigenvalue weighted by Gasteiger charge is -2.33. The van der Waals surface area contributed by atoms with E-state index in [4.69, 9.17) is 0 Å². The van der Waals surface area contributed by atoms with Crippen LogP contribution in [0.25, 0.3) is 64.3 Å². The number of hydrogen-bond donors (Lipinski definition) is 0. The molecular weight excluding hydrogens is 683 g/mol. The van der Waals surface area contributed by atoms with Gasteiger partial charge in [0, 0.05) is 42.2 Å². The molecule has 1 nitrogen and oxygen atoms in total. The summed E-state index contributed by atoms with van der Waals surface area (Å²) >= 11 is 1.89. The van der Waals surface area contributed by atoms with Gasteiger partial charge in [0.15, 0.2) is 0 Å². The maximum atomic E-state index is 2.56. The predicted molar refractivity (Wildman–Crippen MR) is 233 cm³/mol. The van der Waals surface area contributed by atoms with Gasteiger partial charge in [-0.3, -0.25) is 0 Å². The summed E-state index contributed by atoms with van der Waals surface area (Å²) in [5.41, 5.74) is 16.1. The molecule has 9 aromatic carbocycles. The van der Waals surface area contributed by atoms with E-state index in [1.165, 1.54) is 92.3 Å². The number of rotatable bonds is 4. The number of anilines is 3. The average molecular weight is 716 g/mol. The second-order valence-corrected chi connectivity index (χ2v) is 15.8. The molecule has 2 aliphatic rings. The quantitative estimate of drug-likeness (QED) is 0.175. The lowest BCUT2D eigenvalue weighted by atomic mass is 9.70. The highest BCUT2D eigenvalue weighted by molar-refractivity contribution is 7.26. The van der Waals surface area contributed by atoms with Gasteiger partial charge in [-0.15, -0.1) is 11.3 Å². The Kier molecular flexibility index (Phi) is 6.49. The lowest BCUT2D eigenvalue weighted by molar-refractivity contribution is 0.794. The Hall–Kier alpha value is -6.74. The Morgan fingerprint density at radius 3 is 1.62 bits per heavy atom. The van der Waals surface area contributed by atoms with E-state index < -0.39 is 5.41 Å². The summed E-state index contributed by atoms with van der Waals surface area (Å²) < 4.78 is 2.63. The molecule has 12 rings (SSSR count). The molecule has 256 valence electrons. The van der Waals surface area contributed by atoms with E-state index in [9.17, 15) is 0 Å². The van der Waals surface area contributed by atoms with Gasteiger partial charge in [-0.05, 0) is 68.6 Å². The molecule has 0 fully saturated rings. The third-order valence-electron chi connectivity index (χ3n) is 12.1. The fourth-order valence-electron chi connectivity index (χ4n) is 9.96. The van der Waals surface area contributed by atoms with E-state index in [1.54, 1.807) is 0 Å². The molecule has 0 N–H and O–H groups in total. The van der Waals surface area contributed by atoms with Crippen molar-refractivity contribution >= 4 is 59.3 Å². The van der Waals surface area contributed by atoms with Crippen molar-refractivity contribution in [2.45, 2.75) is 5.41 Å². The van der Waals surface area contributed by atoms with Crippen LogP contribution in [0.3, 0.4) is 0 Å². The van der Waals surface area contributed by atoms with Gasteiger partial charge in [0.1, 0.15) is 0 Å². The molecule has 2 aliphatic carbocycles. The Morgan fingerprint density at radius 2 is 0.818 bits per heavy atom. The summed E-state index contributed by atoms with van der Waals surface area (Å²) in [7, 11) is 0. The molecule has 0 saturated heterocycles. The number of fused-ring (bicyclic) bond motifs is 14. The largest absolute Gasteiger partial charge is 0.309 e. The van der Waals surface area contributed by atoms with Gasteiger partial charge >= 0.3 is 0 Å². The molecule has 0 amide bonds. The van der Waals surface area contributed by atoms with Crippen LogP contribution in [0.5, 0.6) is 0 Å². The molecule has 2 heteroatoms. The van der Waals surface area contributed by atoms with Gasteiger partial charge < -0.3 is 4.90 Å². The summed E-state index contributed by atoms with van der Waals surface area (Å²) in [6, 6.07) is 74.5. The molecule has 1 spiro atoms. The van der Waals surface area contributed by atoms with Crippen molar-refractivity contribution in [1.82, 2.24) is 0 Å². The van der Waals surface area contributed by atoms with Crippen molar-refractivity contribution in [3.05, 3.63) is 222 Å². The first-order chi connectivity index (χ1) is 27.3. The fourth-order valence-corrected chi connectivity index (χ4v) is 11.2. The third-order valence-corrected chi connectivity index (χ3v) is 13.3. The molecule has 0 unspecified atom stereocenters. The van der Waals surface area contributed by atoms with E-state index in [0.29, 0.717) is 0 Å². The van der Waals surface area contributed by atoms with Crippen molar-refractivity contribution < 1.29 is 0 Å². The van der Waals surface area contributed by atoms with Crippen molar-refractivity contribution in [3.8, 4) is 33.4 Å². The number of nitrogens with zero attached hydrogens (tertiary/aromatic N) is 1. The van der Waals surface area contributed by atoms with Gasteiger partial charge in [-0.25, -0.2) is 0 Å². The molecule has 55 heavy (non-hydrogen) atoms. The van der Waals surface area contributed by atoms with Crippen LogP contribution < -0.4 is 4.90 Å². The van der Waals surface area contributed by atoms with Gasteiger partial charge in [-0.1, -0.05) is 176 Å². The molecule has 0 atom stereocenters. The van der Waals surface area contributed by atoms with Crippen LogP contribution >= 0.6 is 11.3 Å². The van der Waals surface area contributed by atoms with Gasteiger partial charge in [0.05, 0.1) is 22.5 Å². The fraction of sp³-hybridized carbons (Fsp3) is 0.0189. The summed E-state index contributed by atoms with van der Waals surface area (Å²) in [5, 5.41) is 5.06. The summed E-state index contributed by atoms with van der Waals surface area (Å²) in [5.74, 6) is 0. The van der Waals surface area contributed by atoms with Crippen LogP contribution in [0.15, 0.2) is 200 Å². The minimum atomic E-state index is -0.429. The highest BCUT2D eigenvalue weighted by atomic mass is 32.1. The molecule has 0 radical (unpaired) electrons. The zero-order valence-electron chi connectivity index (χ0n) is 29.9. The second-order valence-electron chi connectivity index (χ2n) is 14.7. The van der Waals surface area contributed by atoms with Crippen molar-refractivity contribution in [2.24, 2.45) is 0 Å². The molecule has 0 bridgehead atoms. The van der Waals surface area contributed by atoms with Crippen LogP contribution in [-0.2, 0) is 5.41 Å². The van der Waals surface area contributed by atoms with E-state index in [0.717, 1.165) is 11.4 Å². The second kappa shape index (κ2) is 11.6.